The summed E-state index contributed by atoms with van der Waals surface area (Å²) in [4.78, 5) is 19.6. The van der Waals surface area contributed by atoms with E-state index >= 15 is 0 Å². The van der Waals surface area contributed by atoms with Crippen LogP contribution in [0.25, 0.3) is 0 Å². The van der Waals surface area contributed by atoms with Gasteiger partial charge in [-0.2, -0.15) is 0 Å². The van der Waals surface area contributed by atoms with Crippen LogP contribution in [0.5, 0.6) is 0 Å². The Hall–Kier alpha value is -1.07. The van der Waals surface area contributed by atoms with Crippen molar-refractivity contribution in [2.75, 3.05) is 18.0 Å². The number of Topliss-reactive ketones (excluding diaryl/α,β-unsaturated/α-hetero) is 1. The summed E-state index contributed by atoms with van der Waals surface area (Å²) in [5, 5.41) is 1.47. The monoisotopic (exact) mass is 488 g/mol. The van der Waals surface area contributed by atoms with Gasteiger partial charge in [0.25, 0.3) is 0 Å². The Morgan fingerprint density at radius 2 is 1.70 bits per heavy atom. The minimum Gasteiger partial charge on any atom is -0.322 e. The highest BCUT2D eigenvalue weighted by atomic mass is 79.9. The third-order valence-corrected chi connectivity index (χ3v) is 5.34. The number of anilines is 1. The van der Waals surface area contributed by atoms with E-state index in [0.717, 1.165) is 43.8 Å². The highest BCUT2D eigenvalue weighted by Crippen LogP contribution is 2.25. The summed E-state index contributed by atoms with van der Waals surface area (Å²) >= 11 is 18.0. The standard InChI is InChI=1S/C20H19Cl3N2O.BrH/c21-15-6-8-16(9-7-15)25(20-4-2-1-3-11-24-20)13-19(26)14-5-10-17(22)18(23)12-14;/h5-10,12H,1-4,11,13H2;1H. The molecule has 3 nitrogen and oxygen atoms in total. The van der Waals surface area contributed by atoms with E-state index in [0.29, 0.717) is 20.6 Å². The highest BCUT2D eigenvalue weighted by molar-refractivity contribution is 8.93. The van der Waals surface area contributed by atoms with Crippen LogP contribution < -0.4 is 4.90 Å². The molecule has 0 amide bonds. The number of nitrogens with zero attached hydrogens (tertiary/aromatic N) is 2. The van der Waals surface area contributed by atoms with Crippen LogP contribution in [0.2, 0.25) is 15.1 Å². The second-order valence-electron chi connectivity index (χ2n) is 6.22. The maximum atomic E-state index is 12.9. The first-order valence-corrected chi connectivity index (χ1v) is 9.72. The van der Waals surface area contributed by atoms with Crippen molar-refractivity contribution in [2.45, 2.75) is 25.7 Å². The van der Waals surface area contributed by atoms with E-state index in [1.165, 1.54) is 0 Å². The number of hydrogen-bond donors (Lipinski definition) is 0. The smallest absolute Gasteiger partial charge is 0.182 e. The molecule has 0 aliphatic carbocycles. The summed E-state index contributed by atoms with van der Waals surface area (Å²) in [7, 11) is 0. The topological polar surface area (TPSA) is 32.7 Å². The van der Waals surface area contributed by atoms with Crippen LogP contribution in [0.1, 0.15) is 36.0 Å². The molecule has 7 heteroatoms. The molecule has 0 saturated carbocycles. The van der Waals surface area contributed by atoms with Crippen LogP contribution in [0, 0.1) is 0 Å². The molecule has 1 heterocycles. The predicted molar refractivity (Wildman–Crippen MR) is 121 cm³/mol. The number of amidine groups is 1. The van der Waals surface area contributed by atoms with Gasteiger partial charge in [0.2, 0.25) is 0 Å². The molecule has 27 heavy (non-hydrogen) atoms. The van der Waals surface area contributed by atoms with E-state index in [1.807, 2.05) is 29.2 Å². The third-order valence-electron chi connectivity index (χ3n) is 4.35. The normalized spacial score (nSPS) is 14.0. The van der Waals surface area contributed by atoms with E-state index in [-0.39, 0.29) is 29.3 Å². The molecule has 0 radical (unpaired) electrons. The van der Waals surface area contributed by atoms with Crippen molar-refractivity contribution < 1.29 is 4.79 Å². The Balaban J connectivity index is 0.00000261. The molecule has 1 aliphatic heterocycles. The fraction of sp³-hybridized carbons (Fsp3) is 0.300. The highest BCUT2D eigenvalue weighted by Gasteiger charge is 2.20. The van der Waals surface area contributed by atoms with E-state index in [1.54, 1.807) is 18.2 Å². The third kappa shape index (κ3) is 5.95. The molecular weight excluding hydrogens is 470 g/mol. The number of rotatable bonds is 4. The average molecular weight is 491 g/mol. The van der Waals surface area contributed by atoms with Gasteiger partial charge < -0.3 is 4.90 Å². The number of hydrogen-bond acceptors (Lipinski definition) is 3. The zero-order valence-electron chi connectivity index (χ0n) is 14.6. The van der Waals surface area contributed by atoms with Crippen LogP contribution in [-0.2, 0) is 0 Å². The molecule has 0 N–H and O–H groups in total. The molecule has 0 unspecified atom stereocenters. The first-order chi connectivity index (χ1) is 12.5. The van der Waals surface area contributed by atoms with Crippen LogP contribution in [0.15, 0.2) is 47.5 Å². The van der Waals surface area contributed by atoms with Gasteiger partial charge in [0.15, 0.2) is 5.78 Å². The van der Waals surface area contributed by atoms with Crippen molar-refractivity contribution in [1.29, 1.82) is 0 Å². The van der Waals surface area contributed by atoms with Crippen molar-refractivity contribution >= 4 is 69.1 Å². The summed E-state index contributed by atoms with van der Waals surface area (Å²) in [5.74, 6) is 0.906. The first kappa shape index (κ1) is 22.2. The molecule has 2 aromatic rings. The van der Waals surface area contributed by atoms with Gasteiger partial charge in [0.1, 0.15) is 5.84 Å². The van der Waals surface area contributed by atoms with Gasteiger partial charge in [-0.1, -0.05) is 41.2 Å². The second-order valence-corrected chi connectivity index (χ2v) is 7.47. The number of ketones is 1. The molecule has 0 atom stereocenters. The van der Waals surface area contributed by atoms with Gasteiger partial charge in [-0.3, -0.25) is 9.79 Å². The summed E-state index contributed by atoms with van der Waals surface area (Å²) in [6.07, 6.45) is 4.17. The Morgan fingerprint density at radius 3 is 2.41 bits per heavy atom. The van der Waals surface area contributed by atoms with Gasteiger partial charge >= 0.3 is 0 Å². The molecule has 0 spiro atoms. The quantitative estimate of drug-likeness (QED) is 0.437. The fourth-order valence-electron chi connectivity index (χ4n) is 2.94. The van der Waals surface area contributed by atoms with Crippen molar-refractivity contribution in [2.24, 2.45) is 4.99 Å². The van der Waals surface area contributed by atoms with Crippen molar-refractivity contribution in [3.05, 3.63) is 63.1 Å². The Morgan fingerprint density at radius 1 is 0.963 bits per heavy atom. The minimum atomic E-state index is -0.0366. The number of aliphatic imine (C=N–C) groups is 1. The van der Waals surface area contributed by atoms with Crippen LogP contribution in [-0.4, -0.2) is 24.7 Å². The van der Waals surface area contributed by atoms with Crippen LogP contribution >= 0.6 is 51.8 Å². The molecule has 0 saturated heterocycles. The molecular formula is C20H20BrCl3N2O. The van der Waals surface area contributed by atoms with E-state index in [9.17, 15) is 4.79 Å². The summed E-state index contributed by atoms with van der Waals surface area (Å²) in [5.41, 5.74) is 1.44. The maximum absolute atomic E-state index is 12.9. The van der Waals surface area contributed by atoms with Crippen molar-refractivity contribution in [3.8, 4) is 0 Å². The minimum absolute atomic E-state index is 0. The second kappa shape index (κ2) is 10.5. The Labute approximate surface area is 185 Å². The van der Waals surface area contributed by atoms with E-state index < -0.39 is 0 Å². The number of carbonyl (C=O) groups is 1. The maximum Gasteiger partial charge on any atom is 0.182 e. The lowest BCUT2D eigenvalue weighted by Gasteiger charge is -2.25. The van der Waals surface area contributed by atoms with Crippen LogP contribution in [0.4, 0.5) is 5.69 Å². The van der Waals surface area contributed by atoms with Crippen molar-refractivity contribution in [3.63, 3.8) is 0 Å². The molecule has 144 valence electrons. The molecule has 0 fully saturated rings. The molecule has 0 bridgehead atoms. The summed E-state index contributed by atoms with van der Waals surface area (Å²) in [6, 6.07) is 12.4. The molecule has 1 aliphatic rings. The lowest BCUT2D eigenvalue weighted by atomic mass is 10.1. The zero-order chi connectivity index (χ0) is 18.5. The SMILES string of the molecule is Br.O=C(CN(C1=NCCCCC1)c1ccc(Cl)cc1)c1ccc(Cl)c(Cl)c1. The summed E-state index contributed by atoms with van der Waals surface area (Å²) in [6.45, 7) is 0.985. The number of benzene rings is 2. The predicted octanol–water partition coefficient (Wildman–Crippen LogP) is 6.89. The lowest BCUT2D eigenvalue weighted by Crippen LogP contribution is -2.36. The Bertz CT molecular complexity index is 824. The van der Waals surface area contributed by atoms with E-state index in [2.05, 4.69) is 0 Å². The lowest BCUT2D eigenvalue weighted by molar-refractivity contribution is 0.100. The van der Waals surface area contributed by atoms with Crippen LogP contribution in [0.3, 0.4) is 0 Å². The average Bonchev–Trinajstić information content (AvgIpc) is 2.92. The van der Waals surface area contributed by atoms with Gasteiger partial charge in [-0.15, -0.1) is 17.0 Å². The number of halogens is 4. The zero-order valence-corrected chi connectivity index (χ0v) is 18.6. The molecule has 0 aromatic heterocycles. The van der Waals surface area contributed by atoms with E-state index in [4.69, 9.17) is 39.8 Å². The fourth-order valence-corrected chi connectivity index (χ4v) is 3.36. The number of carbonyl (C=O) groups excluding carboxylic acids is 1. The van der Waals surface area contributed by atoms with Gasteiger partial charge in [-0.25, -0.2) is 0 Å². The molecule has 2 aromatic carbocycles. The van der Waals surface area contributed by atoms with Gasteiger partial charge in [0.05, 0.1) is 16.6 Å². The van der Waals surface area contributed by atoms with Crippen molar-refractivity contribution in [1.82, 2.24) is 0 Å². The summed E-state index contributed by atoms with van der Waals surface area (Å²) < 4.78 is 0. The molecule has 3 rings (SSSR count). The van der Waals surface area contributed by atoms with Gasteiger partial charge in [0, 0.05) is 29.2 Å². The Kier molecular flexibility index (Phi) is 8.62. The largest absolute Gasteiger partial charge is 0.322 e. The van der Waals surface area contributed by atoms with Gasteiger partial charge in [-0.05, 0) is 55.3 Å². The first-order valence-electron chi connectivity index (χ1n) is 8.59.